The molecule has 0 saturated heterocycles. The highest BCUT2D eigenvalue weighted by atomic mass is 32.1. The number of hydrogen-bond acceptors (Lipinski definition) is 3. The molecule has 4 heteroatoms. The van der Waals surface area contributed by atoms with Crippen LogP contribution in [0.4, 0.5) is 0 Å². The van der Waals surface area contributed by atoms with Crippen LogP contribution < -0.4 is 5.32 Å². The summed E-state index contributed by atoms with van der Waals surface area (Å²) in [6.45, 7) is 7.23. The molecule has 1 N–H and O–H groups in total. The number of nitrogens with zero attached hydrogens (tertiary/aromatic N) is 1. The number of carbonyl (C=O) groups is 1. The zero-order valence-corrected chi connectivity index (χ0v) is 17.2. The molecule has 142 valence electrons. The van der Waals surface area contributed by atoms with Crippen molar-refractivity contribution in [3.63, 3.8) is 0 Å². The van der Waals surface area contributed by atoms with E-state index >= 15 is 0 Å². The van der Waals surface area contributed by atoms with Gasteiger partial charge < -0.3 is 5.32 Å². The van der Waals surface area contributed by atoms with E-state index in [-0.39, 0.29) is 5.91 Å². The lowest BCUT2D eigenvalue weighted by Gasteiger charge is -2.16. The first-order chi connectivity index (χ1) is 13.1. The van der Waals surface area contributed by atoms with Crippen LogP contribution in [-0.4, -0.2) is 17.4 Å². The maximum absolute atomic E-state index is 13.0. The summed E-state index contributed by atoms with van der Waals surface area (Å²) in [5, 5.41) is 4.08. The molecule has 2 heterocycles. The van der Waals surface area contributed by atoms with Crippen LogP contribution in [0.3, 0.4) is 0 Å². The minimum atomic E-state index is -0.00178. The average Bonchev–Trinajstić information content (AvgIpc) is 3.13. The van der Waals surface area contributed by atoms with Crippen molar-refractivity contribution in [2.75, 3.05) is 6.54 Å². The van der Waals surface area contributed by atoms with Crippen LogP contribution in [0, 0.1) is 12.8 Å². The van der Waals surface area contributed by atoms with E-state index in [1.54, 1.807) is 11.3 Å². The number of carbonyl (C=O) groups excluding carboxylic acids is 1. The Bertz CT molecular complexity index is 916. The molecule has 1 atom stereocenters. The number of thiophene rings is 1. The number of benzene rings is 1. The first kappa shape index (κ1) is 19.6. The molecule has 0 unspecified atom stereocenters. The van der Waals surface area contributed by atoms with Crippen molar-refractivity contribution in [1.82, 2.24) is 10.3 Å². The molecular weight excluding hydrogens is 352 g/mol. The maximum atomic E-state index is 13.0. The number of pyridine rings is 1. The smallest absolute Gasteiger partial charge is 0.252 e. The summed E-state index contributed by atoms with van der Waals surface area (Å²) in [6, 6.07) is 14.0. The van der Waals surface area contributed by atoms with E-state index in [2.05, 4.69) is 38.2 Å². The Labute approximate surface area is 165 Å². The number of aromatic nitrogens is 1. The predicted octanol–water partition coefficient (Wildman–Crippen LogP) is 6.22. The number of amides is 1. The van der Waals surface area contributed by atoms with Gasteiger partial charge in [-0.3, -0.25) is 4.79 Å². The van der Waals surface area contributed by atoms with Crippen molar-refractivity contribution in [2.24, 2.45) is 5.92 Å². The van der Waals surface area contributed by atoms with E-state index in [0.717, 1.165) is 34.4 Å². The van der Waals surface area contributed by atoms with Gasteiger partial charge in [0, 0.05) is 16.8 Å². The highest BCUT2D eigenvalue weighted by molar-refractivity contribution is 7.15. The van der Waals surface area contributed by atoms with Crippen molar-refractivity contribution in [1.29, 1.82) is 0 Å². The molecule has 0 spiro atoms. The molecule has 0 saturated carbocycles. The van der Waals surface area contributed by atoms with Gasteiger partial charge in [0.15, 0.2) is 0 Å². The first-order valence-corrected chi connectivity index (χ1v) is 10.7. The third-order valence-corrected chi connectivity index (χ3v) is 6.07. The normalized spacial score (nSPS) is 12.3. The zero-order chi connectivity index (χ0) is 19.2. The average molecular weight is 381 g/mol. The third kappa shape index (κ3) is 4.75. The molecule has 0 bridgehead atoms. The lowest BCUT2D eigenvalue weighted by molar-refractivity contribution is 0.0947. The van der Waals surface area contributed by atoms with Crippen LogP contribution in [0.5, 0.6) is 0 Å². The van der Waals surface area contributed by atoms with Crippen LogP contribution >= 0.6 is 11.3 Å². The number of rotatable bonds is 8. The second kappa shape index (κ2) is 9.14. The van der Waals surface area contributed by atoms with Crippen LogP contribution in [0.15, 0.2) is 42.5 Å². The van der Waals surface area contributed by atoms with Crippen molar-refractivity contribution >= 4 is 28.1 Å². The van der Waals surface area contributed by atoms with Crippen LogP contribution in [0.25, 0.3) is 21.5 Å². The molecule has 1 amide bonds. The molecule has 0 radical (unpaired) electrons. The minimum Gasteiger partial charge on any atom is -0.352 e. The highest BCUT2D eigenvalue weighted by Gasteiger charge is 2.16. The van der Waals surface area contributed by atoms with Crippen molar-refractivity contribution in [3.05, 3.63) is 52.9 Å². The van der Waals surface area contributed by atoms with Crippen LogP contribution in [0.1, 0.15) is 54.8 Å². The largest absolute Gasteiger partial charge is 0.352 e. The second-order valence-corrected chi connectivity index (χ2v) is 8.40. The SMILES string of the molecule is CCCC[C@@H](CC)CNC(=O)c1cc(-c2ccc(C)s2)nc2ccccc12. The second-order valence-electron chi connectivity index (χ2n) is 7.11. The standard InChI is InChI=1S/C23H28N2OS/c1-4-6-9-17(5-2)15-24-23(26)19-14-21(22-13-12-16(3)27-22)25-20-11-8-7-10-18(19)20/h7-8,10-14,17H,4-6,9,15H2,1-3H3,(H,24,26)/t17-/m1/s1. The molecule has 3 nitrogen and oxygen atoms in total. The van der Waals surface area contributed by atoms with E-state index in [9.17, 15) is 4.79 Å². The Morgan fingerprint density at radius 3 is 2.70 bits per heavy atom. The summed E-state index contributed by atoms with van der Waals surface area (Å²) < 4.78 is 0. The lowest BCUT2D eigenvalue weighted by atomic mass is 9.99. The van der Waals surface area contributed by atoms with Crippen molar-refractivity contribution < 1.29 is 4.79 Å². The Hall–Kier alpha value is -2.20. The van der Waals surface area contributed by atoms with Gasteiger partial charge in [-0.15, -0.1) is 11.3 Å². The first-order valence-electron chi connectivity index (χ1n) is 9.87. The molecule has 1 aromatic carbocycles. The minimum absolute atomic E-state index is 0.00178. The fourth-order valence-electron chi connectivity index (χ4n) is 3.34. The number of aryl methyl sites for hydroxylation is 1. The third-order valence-electron chi connectivity index (χ3n) is 5.05. The quantitative estimate of drug-likeness (QED) is 0.504. The lowest BCUT2D eigenvalue weighted by Crippen LogP contribution is -2.29. The summed E-state index contributed by atoms with van der Waals surface area (Å²) >= 11 is 1.71. The van der Waals surface area contributed by atoms with Gasteiger partial charge in [-0.1, -0.05) is 51.3 Å². The van der Waals surface area contributed by atoms with Gasteiger partial charge in [-0.05, 0) is 43.5 Å². The molecule has 0 aliphatic rings. The Morgan fingerprint density at radius 1 is 1.19 bits per heavy atom. The molecule has 0 fully saturated rings. The zero-order valence-electron chi connectivity index (χ0n) is 16.4. The van der Waals surface area contributed by atoms with Gasteiger partial charge in [-0.25, -0.2) is 4.98 Å². The molecule has 2 aromatic heterocycles. The van der Waals surface area contributed by atoms with E-state index in [0.29, 0.717) is 11.5 Å². The maximum Gasteiger partial charge on any atom is 0.252 e. The van der Waals surface area contributed by atoms with E-state index < -0.39 is 0 Å². The fraction of sp³-hybridized carbons (Fsp3) is 0.391. The fourth-order valence-corrected chi connectivity index (χ4v) is 4.17. The van der Waals surface area contributed by atoms with Gasteiger partial charge in [0.1, 0.15) is 0 Å². The van der Waals surface area contributed by atoms with Gasteiger partial charge in [0.2, 0.25) is 0 Å². The molecule has 0 aliphatic heterocycles. The van der Waals surface area contributed by atoms with Gasteiger partial charge in [0.05, 0.1) is 21.7 Å². The van der Waals surface area contributed by atoms with Crippen molar-refractivity contribution in [3.8, 4) is 10.6 Å². The van der Waals surface area contributed by atoms with E-state index in [1.807, 2.05) is 30.3 Å². The number of hydrogen-bond donors (Lipinski definition) is 1. The Balaban J connectivity index is 1.89. The van der Waals surface area contributed by atoms with E-state index in [1.165, 1.54) is 24.1 Å². The summed E-state index contributed by atoms with van der Waals surface area (Å²) in [5.74, 6) is 0.541. The number of nitrogens with one attached hydrogen (secondary N) is 1. The van der Waals surface area contributed by atoms with Gasteiger partial charge >= 0.3 is 0 Å². The van der Waals surface area contributed by atoms with Crippen LogP contribution in [0.2, 0.25) is 0 Å². The molecular formula is C23H28N2OS. The van der Waals surface area contributed by atoms with Crippen LogP contribution in [-0.2, 0) is 0 Å². The molecule has 27 heavy (non-hydrogen) atoms. The summed E-state index contributed by atoms with van der Waals surface area (Å²) in [7, 11) is 0. The van der Waals surface area contributed by atoms with E-state index in [4.69, 9.17) is 4.98 Å². The Morgan fingerprint density at radius 2 is 2.00 bits per heavy atom. The summed E-state index contributed by atoms with van der Waals surface area (Å²) in [6.07, 6.45) is 4.68. The number of fused-ring (bicyclic) bond motifs is 1. The predicted molar refractivity (Wildman–Crippen MR) is 115 cm³/mol. The van der Waals surface area contributed by atoms with Crippen molar-refractivity contribution in [2.45, 2.75) is 46.5 Å². The topological polar surface area (TPSA) is 42.0 Å². The molecule has 3 rings (SSSR count). The van der Waals surface area contributed by atoms with Gasteiger partial charge in [0.25, 0.3) is 5.91 Å². The highest BCUT2D eigenvalue weighted by Crippen LogP contribution is 2.29. The Kier molecular flexibility index (Phi) is 6.62. The molecule has 0 aliphatic carbocycles. The number of para-hydroxylation sites is 1. The summed E-state index contributed by atoms with van der Waals surface area (Å²) in [4.78, 5) is 20.1. The summed E-state index contributed by atoms with van der Waals surface area (Å²) in [5.41, 5.74) is 2.45. The molecule has 3 aromatic rings. The monoisotopic (exact) mass is 380 g/mol. The van der Waals surface area contributed by atoms with Gasteiger partial charge in [-0.2, -0.15) is 0 Å². The number of unbranched alkanes of at least 4 members (excludes halogenated alkanes) is 1.